The highest BCUT2D eigenvalue weighted by molar-refractivity contribution is 6.35. The topological polar surface area (TPSA) is 92.8 Å². The van der Waals surface area contributed by atoms with Gasteiger partial charge in [-0.3, -0.25) is 24.1 Å². The number of halogens is 2. The molecule has 29 heavy (non-hydrogen) atoms. The third-order valence-corrected chi connectivity index (χ3v) is 6.69. The number of nitrogens with one attached hydrogen (secondary N) is 1. The minimum absolute atomic E-state index is 0.00925. The van der Waals surface area contributed by atoms with Crippen LogP contribution in [-0.2, 0) is 23.9 Å². The van der Waals surface area contributed by atoms with Crippen molar-refractivity contribution in [2.75, 3.05) is 18.5 Å². The van der Waals surface area contributed by atoms with E-state index in [9.17, 15) is 19.2 Å². The lowest BCUT2D eigenvalue weighted by atomic mass is 9.81. The minimum Gasteiger partial charge on any atom is -0.456 e. The average Bonchev–Trinajstić information content (AvgIpc) is 3.36. The Kier molecular flexibility index (Phi) is 5.53. The molecule has 7 nitrogen and oxygen atoms in total. The van der Waals surface area contributed by atoms with Gasteiger partial charge in [-0.1, -0.05) is 23.2 Å². The van der Waals surface area contributed by atoms with E-state index in [0.717, 1.165) is 19.3 Å². The number of imide groups is 1. The number of hydrogen-bond acceptors (Lipinski definition) is 5. The first-order valence-corrected chi connectivity index (χ1v) is 10.4. The Morgan fingerprint density at radius 1 is 1.10 bits per heavy atom. The number of amides is 3. The molecule has 0 spiro atoms. The molecule has 3 fully saturated rings. The first kappa shape index (κ1) is 20.2. The van der Waals surface area contributed by atoms with Gasteiger partial charge in [0.1, 0.15) is 0 Å². The molecule has 2 aliphatic carbocycles. The van der Waals surface area contributed by atoms with E-state index in [1.807, 2.05) is 0 Å². The Morgan fingerprint density at radius 3 is 2.41 bits per heavy atom. The van der Waals surface area contributed by atoms with E-state index in [-0.39, 0.29) is 36.6 Å². The second kappa shape index (κ2) is 7.95. The van der Waals surface area contributed by atoms with Gasteiger partial charge in [0.15, 0.2) is 6.61 Å². The Bertz CT molecular complexity index is 862. The van der Waals surface area contributed by atoms with Gasteiger partial charge in [0.2, 0.25) is 11.8 Å². The summed E-state index contributed by atoms with van der Waals surface area (Å²) in [5.74, 6) is -1.33. The van der Waals surface area contributed by atoms with Gasteiger partial charge in [-0.25, -0.2) is 0 Å². The second-order valence-electron chi connectivity index (χ2n) is 7.80. The molecule has 4 atom stereocenters. The number of likely N-dealkylation sites (tertiary alicyclic amines) is 1. The number of benzene rings is 1. The average molecular weight is 439 g/mol. The first-order chi connectivity index (χ1) is 13.8. The van der Waals surface area contributed by atoms with Crippen LogP contribution in [0.1, 0.15) is 25.7 Å². The van der Waals surface area contributed by atoms with E-state index in [1.54, 1.807) is 6.07 Å². The van der Waals surface area contributed by atoms with E-state index in [2.05, 4.69) is 5.32 Å². The molecule has 1 heterocycles. The maximum atomic E-state index is 12.6. The number of rotatable bonds is 6. The highest BCUT2D eigenvalue weighted by Crippen LogP contribution is 2.56. The number of ether oxygens (including phenoxy) is 1. The van der Waals surface area contributed by atoms with Crippen LogP contribution in [0.2, 0.25) is 10.0 Å². The van der Waals surface area contributed by atoms with E-state index >= 15 is 0 Å². The summed E-state index contributed by atoms with van der Waals surface area (Å²) in [5.41, 5.74) is 0.314. The predicted molar refractivity (Wildman–Crippen MR) is 105 cm³/mol. The van der Waals surface area contributed by atoms with Gasteiger partial charge in [0.25, 0.3) is 5.91 Å². The maximum absolute atomic E-state index is 12.6. The van der Waals surface area contributed by atoms with Gasteiger partial charge in [0.05, 0.1) is 29.0 Å². The molecule has 1 N–H and O–H groups in total. The maximum Gasteiger partial charge on any atom is 0.308 e. The molecular formula is C20H20Cl2N2O5. The summed E-state index contributed by atoms with van der Waals surface area (Å²) in [7, 11) is 0. The monoisotopic (exact) mass is 438 g/mol. The van der Waals surface area contributed by atoms with Crippen molar-refractivity contribution in [2.24, 2.45) is 23.7 Å². The van der Waals surface area contributed by atoms with Crippen molar-refractivity contribution >= 4 is 52.6 Å². The molecule has 0 radical (unpaired) electrons. The highest BCUT2D eigenvalue weighted by Gasteiger charge is 2.60. The SMILES string of the molecule is O=C(COC(=O)CCN1C(=O)[C@@H]2[C@H]3CC[C@@H](C3)[C@H]2C1=O)Nc1cc(Cl)ccc1Cl. The van der Waals surface area contributed by atoms with E-state index in [1.165, 1.54) is 17.0 Å². The summed E-state index contributed by atoms with van der Waals surface area (Å²) in [6.45, 7) is -0.510. The molecule has 1 aromatic carbocycles. The largest absolute Gasteiger partial charge is 0.456 e. The van der Waals surface area contributed by atoms with Crippen LogP contribution in [0.25, 0.3) is 0 Å². The van der Waals surface area contributed by atoms with Gasteiger partial charge >= 0.3 is 5.97 Å². The number of fused-ring (bicyclic) bond motifs is 5. The third kappa shape index (κ3) is 3.85. The zero-order chi connectivity index (χ0) is 20.7. The summed E-state index contributed by atoms with van der Waals surface area (Å²) in [6.07, 6.45) is 2.84. The standard InChI is InChI=1S/C20H20Cl2N2O5/c21-12-3-4-13(22)14(8-12)23-15(25)9-29-16(26)5-6-24-19(27)17-10-1-2-11(7-10)18(17)20(24)28/h3-4,8,10-11,17-18H,1-2,5-7,9H2,(H,23,25)/t10-,11-,17+,18+/m0/s1. The van der Waals surface area contributed by atoms with Crippen LogP contribution >= 0.6 is 23.2 Å². The smallest absolute Gasteiger partial charge is 0.308 e. The van der Waals surface area contributed by atoms with Crippen molar-refractivity contribution in [1.29, 1.82) is 0 Å². The van der Waals surface area contributed by atoms with Crippen LogP contribution in [0.3, 0.4) is 0 Å². The van der Waals surface area contributed by atoms with Crippen molar-refractivity contribution in [3.05, 3.63) is 28.2 Å². The summed E-state index contributed by atoms with van der Waals surface area (Å²) in [6, 6.07) is 4.61. The molecule has 1 aliphatic heterocycles. The van der Waals surface area contributed by atoms with Crippen molar-refractivity contribution in [1.82, 2.24) is 4.90 Å². The van der Waals surface area contributed by atoms with Crippen molar-refractivity contribution in [3.8, 4) is 0 Å². The molecule has 3 aliphatic rings. The predicted octanol–water partition coefficient (Wildman–Crippen LogP) is 2.90. The first-order valence-electron chi connectivity index (χ1n) is 9.61. The van der Waals surface area contributed by atoms with Crippen LogP contribution < -0.4 is 5.32 Å². The number of carbonyl (C=O) groups is 4. The van der Waals surface area contributed by atoms with Crippen molar-refractivity contribution < 1.29 is 23.9 Å². The molecule has 1 aromatic rings. The number of nitrogens with zero attached hydrogens (tertiary/aromatic N) is 1. The van der Waals surface area contributed by atoms with Gasteiger partial charge < -0.3 is 10.1 Å². The Hall–Kier alpha value is -2.12. The molecule has 1 saturated heterocycles. The number of anilines is 1. The zero-order valence-electron chi connectivity index (χ0n) is 15.5. The molecule has 154 valence electrons. The molecule has 3 amide bonds. The van der Waals surface area contributed by atoms with E-state index in [0.29, 0.717) is 27.6 Å². The lowest BCUT2D eigenvalue weighted by Gasteiger charge is -2.19. The quantitative estimate of drug-likeness (QED) is 0.544. The lowest BCUT2D eigenvalue weighted by molar-refractivity contribution is -0.149. The number of hydrogen-bond donors (Lipinski definition) is 1. The van der Waals surface area contributed by atoms with E-state index in [4.69, 9.17) is 27.9 Å². The van der Waals surface area contributed by atoms with Crippen LogP contribution in [0.5, 0.6) is 0 Å². The number of carbonyl (C=O) groups excluding carboxylic acids is 4. The summed E-state index contributed by atoms with van der Waals surface area (Å²) < 4.78 is 4.95. The van der Waals surface area contributed by atoms with Crippen molar-refractivity contribution in [2.45, 2.75) is 25.7 Å². The molecule has 2 saturated carbocycles. The fraction of sp³-hybridized carbons (Fsp3) is 0.500. The van der Waals surface area contributed by atoms with E-state index < -0.39 is 18.5 Å². The fourth-order valence-electron chi connectivity index (χ4n) is 4.89. The Morgan fingerprint density at radius 2 is 1.76 bits per heavy atom. The fourth-order valence-corrected chi connectivity index (χ4v) is 5.23. The van der Waals surface area contributed by atoms with Gasteiger partial charge in [-0.2, -0.15) is 0 Å². The minimum atomic E-state index is -0.655. The summed E-state index contributed by atoms with van der Waals surface area (Å²) in [4.78, 5) is 50.3. The molecule has 0 unspecified atom stereocenters. The Balaban J connectivity index is 1.24. The Labute approximate surface area is 177 Å². The van der Waals surface area contributed by atoms with Gasteiger partial charge in [-0.15, -0.1) is 0 Å². The normalized spacial score (nSPS) is 27.3. The van der Waals surface area contributed by atoms with Crippen LogP contribution in [0.4, 0.5) is 5.69 Å². The second-order valence-corrected chi connectivity index (χ2v) is 8.64. The molecule has 4 rings (SSSR count). The lowest BCUT2D eigenvalue weighted by Crippen LogP contribution is -2.35. The summed E-state index contributed by atoms with van der Waals surface area (Å²) in [5, 5.41) is 3.22. The van der Waals surface area contributed by atoms with Gasteiger partial charge in [0, 0.05) is 11.6 Å². The van der Waals surface area contributed by atoms with Crippen LogP contribution in [-0.4, -0.2) is 41.7 Å². The molecular weight excluding hydrogens is 419 g/mol. The summed E-state index contributed by atoms with van der Waals surface area (Å²) >= 11 is 11.8. The van der Waals surface area contributed by atoms with Crippen LogP contribution in [0, 0.1) is 23.7 Å². The highest BCUT2D eigenvalue weighted by atomic mass is 35.5. The van der Waals surface area contributed by atoms with Gasteiger partial charge in [-0.05, 0) is 49.3 Å². The third-order valence-electron chi connectivity index (χ3n) is 6.13. The molecule has 0 aromatic heterocycles. The molecule has 2 bridgehead atoms. The van der Waals surface area contributed by atoms with Crippen LogP contribution in [0.15, 0.2) is 18.2 Å². The molecule has 9 heteroatoms. The zero-order valence-corrected chi connectivity index (χ0v) is 17.0. The van der Waals surface area contributed by atoms with Crippen molar-refractivity contribution in [3.63, 3.8) is 0 Å². The number of esters is 1.